The number of carbonyl (C=O) groups is 1. The predicted octanol–water partition coefficient (Wildman–Crippen LogP) is 2.48. The molecule has 1 fully saturated rings. The van der Waals surface area contributed by atoms with Gasteiger partial charge in [-0.3, -0.25) is 4.79 Å². The third-order valence-electron chi connectivity index (χ3n) is 3.61. The van der Waals surface area contributed by atoms with Crippen molar-refractivity contribution in [1.29, 1.82) is 0 Å². The van der Waals surface area contributed by atoms with Gasteiger partial charge in [-0.05, 0) is 37.0 Å². The fraction of sp³-hybridized carbons (Fsp3) is 0.500. The van der Waals surface area contributed by atoms with Crippen molar-refractivity contribution >= 4 is 31.7 Å². The third kappa shape index (κ3) is 3.82. The van der Waals surface area contributed by atoms with Crippen molar-refractivity contribution in [1.82, 2.24) is 4.90 Å². The smallest absolute Gasteiger partial charge is 0.238 e. The predicted molar refractivity (Wildman–Crippen MR) is 81.2 cm³/mol. The van der Waals surface area contributed by atoms with Crippen molar-refractivity contribution < 1.29 is 13.2 Å². The van der Waals surface area contributed by atoms with Gasteiger partial charge in [-0.25, -0.2) is 8.42 Å². The molecule has 4 nitrogen and oxygen atoms in total. The van der Waals surface area contributed by atoms with Gasteiger partial charge in [0.25, 0.3) is 0 Å². The van der Waals surface area contributed by atoms with Crippen LogP contribution in [-0.2, 0) is 14.6 Å². The van der Waals surface area contributed by atoms with Gasteiger partial charge >= 0.3 is 0 Å². The van der Waals surface area contributed by atoms with Gasteiger partial charge in [0.05, 0.1) is 4.90 Å². The minimum absolute atomic E-state index is 0.186. The van der Waals surface area contributed by atoms with E-state index < -0.39 is 15.6 Å². The van der Waals surface area contributed by atoms with E-state index in [-0.39, 0.29) is 10.8 Å². The van der Waals surface area contributed by atoms with E-state index in [4.69, 9.17) is 0 Å². The first-order valence-electron chi connectivity index (χ1n) is 6.64. The summed E-state index contributed by atoms with van der Waals surface area (Å²) in [5, 5.41) is 0. The number of halogens is 1. The number of rotatable bonds is 3. The van der Waals surface area contributed by atoms with E-state index in [0.717, 1.165) is 12.8 Å². The quantitative estimate of drug-likeness (QED) is 0.832. The van der Waals surface area contributed by atoms with Crippen molar-refractivity contribution in [3.05, 3.63) is 28.7 Å². The summed E-state index contributed by atoms with van der Waals surface area (Å²) in [7, 11) is -3.57. The van der Waals surface area contributed by atoms with Gasteiger partial charge in [0.15, 0.2) is 9.84 Å². The minimum atomic E-state index is -3.57. The number of hydrogen-bond donors (Lipinski definition) is 0. The molecule has 1 aliphatic rings. The van der Waals surface area contributed by atoms with Gasteiger partial charge in [0.2, 0.25) is 5.91 Å². The van der Waals surface area contributed by atoms with E-state index in [2.05, 4.69) is 22.9 Å². The van der Waals surface area contributed by atoms with E-state index in [0.29, 0.717) is 23.5 Å². The van der Waals surface area contributed by atoms with Crippen molar-refractivity contribution in [3.63, 3.8) is 0 Å². The van der Waals surface area contributed by atoms with Crippen LogP contribution >= 0.6 is 15.9 Å². The number of nitrogens with zero attached hydrogens (tertiary/aromatic N) is 1. The molecule has 1 amide bonds. The van der Waals surface area contributed by atoms with Crippen molar-refractivity contribution in [3.8, 4) is 0 Å². The molecule has 1 aromatic carbocycles. The van der Waals surface area contributed by atoms with Crippen LogP contribution in [-0.4, -0.2) is 38.1 Å². The van der Waals surface area contributed by atoms with Crippen LogP contribution < -0.4 is 0 Å². The maximum atomic E-state index is 12.2. The highest BCUT2D eigenvalue weighted by molar-refractivity contribution is 9.10. The van der Waals surface area contributed by atoms with Crippen LogP contribution in [0.15, 0.2) is 33.6 Å². The number of amides is 1. The highest BCUT2D eigenvalue weighted by Crippen LogP contribution is 2.20. The number of piperidine rings is 1. The molecule has 1 aliphatic heterocycles. The van der Waals surface area contributed by atoms with Crippen LogP contribution in [0, 0.1) is 5.92 Å². The average Bonchev–Trinajstić information content (AvgIpc) is 2.39. The monoisotopic (exact) mass is 359 g/mol. The zero-order valence-corrected chi connectivity index (χ0v) is 13.8. The average molecular weight is 360 g/mol. The number of sulfone groups is 1. The zero-order valence-electron chi connectivity index (χ0n) is 11.4. The third-order valence-corrected chi connectivity index (χ3v) is 5.70. The summed E-state index contributed by atoms with van der Waals surface area (Å²) < 4.78 is 25.2. The Balaban J connectivity index is 2.07. The van der Waals surface area contributed by atoms with Crippen molar-refractivity contribution in [2.75, 3.05) is 18.8 Å². The second-order valence-corrected chi connectivity index (χ2v) is 8.19. The highest BCUT2D eigenvalue weighted by atomic mass is 79.9. The Morgan fingerprint density at radius 2 is 2.00 bits per heavy atom. The van der Waals surface area contributed by atoms with Crippen LogP contribution in [0.5, 0.6) is 0 Å². The van der Waals surface area contributed by atoms with E-state index in [1.165, 1.54) is 12.1 Å². The second kappa shape index (κ2) is 6.26. The van der Waals surface area contributed by atoms with Gasteiger partial charge in [0.1, 0.15) is 5.75 Å². The van der Waals surface area contributed by atoms with Crippen molar-refractivity contribution in [2.24, 2.45) is 5.92 Å². The lowest BCUT2D eigenvalue weighted by Gasteiger charge is -2.30. The Bertz CT molecular complexity index is 592. The highest BCUT2D eigenvalue weighted by Gasteiger charge is 2.26. The minimum Gasteiger partial charge on any atom is -0.342 e. The molecule has 0 saturated carbocycles. The molecule has 0 aliphatic carbocycles. The fourth-order valence-corrected chi connectivity index (χ4v) is 4.07. The first kappa shape index (κ1) is 15.5. The number of likely N-dealkylation sites (tertiary alicyclic amines) is 1. The molecule has 0 atom stereocenters. The molecule has 0 bridgehead atoms. The molecule has 110 valence electrons. The first-order valence-corrected chi connectivity index (χ1v) is 9.09. The lowest BCUT2D eigenvalue weighted by atomic mass is 9.99. The van der Waals surface area contributed by atoms with Crippen molar-refractivity contribution in [2.45, 2.75) is 24.7 Å². The molecule has 20 heavy (non-hydrogen) atoms. The largest absolute Gasteiger partial charge is 0.342 e. The van der Waals surface area contributed by atoms with Gasteiger partial charge in [0, 0.05) is 17.6 Å². The van der Waals surface area contributed by atoms with E-state index >= 15 is 0 Å². The number of benzene rings is 1. The van der Waals surface area contributed by atoms with E-state index in [1.54, 1.807) is 17.0 Å². The van der Waals surface area contributed by atoms with Gasteiger partial charge in [-0.1, -0.05) is 28.9 Å². The van der Waals surface area contributed by atoms with E-state index in [9.17, 15) is 13.2 Å². The summed E-state index contributed by atoms with van der Waals surface area (Å²) in [6, 6.07) is 6.46. The van der Waals surface area contributed by atoms with Crippen LogP contribution in [0.4, 0.5) is 0 Å². The summed E-state index contributed by atoms with van der Waals surface area (Å²) in [6.07, 6.45) is 1.89. The maximum absolute atomic E-state index is 12.2. The Kier molecular flexibility index (Phi) is 4.86. The van der Waals surface area contributed by atoms with Crippen LogP contribution in [0.1, 0.15) is 19.8 Å². The normalized spacial score (nSPS) is 17.2. The second-order valence-electron chi connectivity index (χ2n) is 5.28. The van der Waals surface area contributed by atoms with E-state index in [1.807, 2.05) is 0 Å². The molecular formula is C14H18BrNO3S. The lowest BCUT2D eigenvalue weighted by Crippen LogP contribution is -2.41. The van der Waals surface area contributed by atoms with Crippen LogP contribution in [0.25, 0.3) is 0 Å². The Morgan fingerprint density at radius 3 is 2.60 bits per heavy atom. The fourth-order valence-electron chi connectivity index (χ4n) is 2.26. The molecule has 1 heterocycles. The van der Waals surface area contributed by atoms with Crippen LogP contribution in [0.2, 0.25) is 0 Å². The molecule has 1 saturated heterocycles. The van der Waals surface area contributed by atoms with Gasteiger partial charge in [-0.15, -0.1) is 0 Å². The summed E-state index contributed by atoms with van der Waals surface area (Å²) in [5.41, 5.74) is 0. The zero-order chi connectivity index (χ0) is 14.8. The summed E-state index contributed by atoms with van der Waals surface area (Å²) in [6.45, 7) is 3.47. The number of carbonyl (C=O) groups excluding carboxylic acids is 1. The Hall–Kier alpha value is -0.880. The molecule has 0 radical (unpaired) electrons. The molecule has 6 heteroatoms. The Labute approximate surface area is 128 Å². The standard InChI is InChI=1S/C14H18BrNO3S/c1-11-5-7-16(8-6-11)14(17)10-20(18,19)13-4-2-3-12(15)9-13/h2-4,9,11H,5-8,10H2,1H3. The van der Waals surface area contributed by atoms with Crippen LogP contribution in [0.3, 0.4) is 0 Å². The SMILES string of the molecule is CC1CCN(C(=O)CS(=O)(=O)c2cccc(Br)c2)CC1. The molecule has 0 N–H and O–H groups in total. The lowest BCUT2D eigenvalue weighted by molar-refractivity contribution is -0.129. The molecule has 0 unspecified atom stereocenters. The Morgan fingerprint density at radius 1 is 1.35 bits per heavy atom. The summed E-state index contributed by atoms with van der Waals surface area (Å²) in [4.78, 5) is 14.0. The van der Waals surface area contributed by atoms with Gasteiger partial charge < -0.3 is 4.90 Å². The molecule has 2 rings (SSSR count). The topological polar surface area (TPSA) is 54.5 Å². The molecule has 1 aromatic rings. The maximum Gasteiger partial charge on any atom is 0.238 e. The first-order chi connectivity index (χ1) is 9.38. The molecular weight excluding hydrogens is 342 g/mol. The summed E-state index contributed by atoms with van der Waals surface area (Å²) in [5.74, 6) is -0.129. The molecule has 0 spiro atoms. The summed E-state index contributed by atoms with van der Waals surface area (Å²) >= 11 is 3.24. The molecule has 0 aromatic heterocycles. The van der Waals surface area contributed by atoms with Gasteiger partial charge in [-0.2, -0.15) is 0 Å². The number of hydrogen-bond acceptors (Lipinski definition) is 3.